The number of phosphoric ester groups is 1. The number of nitrogens with zero attached hydrogens (tertiary/aromatic N) is 5. The van der Waals surface area contributed by atoms with Gasteiger partial charge in [0.1, 0.15) is 47.9 Å². The van der Waals surface area contributed by atoms with Crippen molar-refractivity contribution in [3.63, 3.8) is 0 Å². The summed E-state index contributed by atoms with van der Waals surface area (Å²) in [4.78, 5) is 4.08. The molecule has 0 radical (unpaired) electrons. The average Bonchev–Trinajstić information content (AvgIpc) is 3.98. The Bertz CT molecular complexity index is 2360. The van der Waals surface area contributed by atoms with E-state index in [1.807, 2.05) is 6.07 Å². The van der Waals surface area contributed by atoms with E-state index in [9.17, 15) is 19.5 Å². The lowest BCUT2D eigenvalue weighted by Crippen LogP contribution is -2.49. The number of phosphoric acid groups is 1. The smallest absolute Gasteiger partial charge is 0.493 e. The summed E-state index contributed by atoms with van der Waals surface area (Å²) in [6, 6.07) is 17.7. The van der Waals surface area contributed by atoms with Gasteiger partial charge in [-0.15, -0.1) is 0 Å². The maximum atomic E-state index is 14.9. The van der Waals surface area contributed by atoms with Gasteiger partial charge in [0.15, 0.2) is 17.2 Å². The van der Waals surface area contributed by atoms with Crippen molar-refractivity contribution in [1.82, 2.24) is 14.6 Å². The van der Waals surface area contributed by atoms with E-state index in [-0.39, 0.29) is 54.3 Å². The molecule has 4 aromatic rings. The molecule has 2 fully saturated rings. The Hall–Kier alpha value is -4.35. The summed E-state index contributed by atoms with van der Waals surface area (Å²) in [5.41, 5.74) is 3.94. The van der Waals surface area contributed by atoms with Crippen LogP contribution in [0.15, 0.2) is 60.9 Å². The van der Waals surface area contributed by atoms with Crippen LogP contribution >= 0.6 is 19.4 Å². The van der Waals surface area contributed by atoms with Crippen molar-refractivity contribution in [2.45, 2.75) is 147 Å². The third kappa shape index (κ3) is 14.4. The summed E-state index contributed by atoms with van der Waals surface area (Å²) in [6.45, 7) is 5.06. The fourth-order valence-electron chi connectivity index (χ4n) is 8.73. The maximum Gasteiger partial charge on any atom is 0.530 e. The molecule has 2 saturated heterocycles. The van der Waals surface area contributed by atoms with Crippen LogP contribution in [0.4, 0.5) is 10.2 Å². The van der Waals surface area contributed by atoms with Crippen LogP contribution in [0.3, 0.4) is 0 Å². The van der Waals surface area contributed by atoms with E-state index in [1.54, 1.807) is 48.7 Å². The van der Waals surface area contributed by atoms with Crippen molar-refractivity contribution in [2.24, 2.45) is 5.92 Å². The molecule has 2 aliphatic heterocycles. The molecule has 18 heteroatoms. The van der Waals surface area contributed by atoms with E-state index in [0.29, 0.717) is 17.8 Å². The zero-order valence-electron chi connectivity index (χ0n) is 39.7. The summed E-state index contributed by atoms with van der Waals surface area (Å²) < 4.78 is 80.1. The SMILES string of the molecule is CCCCCCCCCCCCCCCCCCOCC(COc1cc(F)cc(C#N)c1)COP(=O)(OC[C@@]1(C#N)OC[C@]2(c3ccc4c(N)ncnn34)OC(C)(C)O[C@H]12)Oc1ccccc1Cl. The van der Waals surface area contributed by atoms with Gasteiger partial charge in [-0.05, 0) is 56.7 Å². The van der Waals surface area contributed by atoms with Crippen molar-refractivity contribution in [2.75, 3.05) is 45.4 Å². The van der Waals surface area contributed by atoms with Gasteiger partial charge in [0.25, 0.3) is 0 Å². The fourth-order valence-corrected chi connectivity index (χ4v) is 10.3. The third-order valence-corrected chi connectivity index (χ3v) is 13.9. The average molecular weight is 982 g/mol. The number of unbranched alkanes of at least 4 members (excludes halogenated alkanes) is 15. The molecule has 6 rings (SSSR count). The van der Waals surface area contributed by atoms with Crippen LogP contribution in [0.5, 0.6) is 11.5 Å². The minimum Gasteiger partial charge on any atom is -0.493 e. The minimum absolute atomic E-state index is 0.0000436. The predicted molar refractivity (Wildman–Crippen MR) is 255 cm³/mol. The first-order chi connectivity index (χ1) is 32.8. The summed E-state index contributed by atoms with van der Waals surface area (Å²) in [5, 5.41) is 24.8. The largest absolute Gasteiger partial charge is 0.530 e. The van der Waals surface area contributed by atoms with E-state index < -0.39 is 49.3 Å². The van der Waals surface area contributed by atoms with E-state index in [4.69, 9.17) is 54.6 Å². The number of hydrogen-bond acceptors (Lipinski definition) is 14. The van der Waals surface area contributed by atoms with Gasteiger partial charge in [-0.1, -0.05) is 127 Å². The number of para-hydroxylation sites is 1. The van der Waals surface area contributed by atoms with Crippen molar-refractivity contribution >= 4 is 30.8 Å². The molecule has 0 amide bonds. The number of nitriles is 2. The first kappa shape index (κ1) is 53.0. The third-order valence-electron chi connectivity index (χ3n) is 12.3. The number of benzene rings is 2. The van der Waals surface area contributed by atoms with Crippen LogP contribution in [-0.2, 0) is 38.2 Å². The van der Waals surface area contributed by atoms with Crippen LogP contribution < -0.4 is 15.0 Å². The highest BCUT2D eigenvalue weighted by Crippen LogP contribution is 2.57. The van der Waals surface area contributed by atoms with Gasteiger partial charge in [0.05, 0.1) is 48.8 Å². The quantitative estimate of drug-likeness (QED) is 0.0369. The van der Waals surface area contributed by atoms with Gasteiger partial charge >= 0.3 is 7.82 Å². The van der Waals surface area contributed by atoms with Crippen LogP contribution in [0, 0.1) is 34.4 Å². The summed E-state index contributed by atoms with van der Waals surface area (Å²) in [6.07, 6.45) is 20.3. The number of fused-ring (bicyclic) bond motifs is 2. The minimum atomic E-state index is -4.69. The molecule has 5 atom stereocenters. The highest BCUT2D eigenvalue weighted by molar-refractivity contribution is 7.49. The molecule has 0 aliphatic carbocycles. The Morgan fingerprint density at radius 3 is 2.25 bits per heavy atom. The van der Waals surface area contributed by atoms with E-state index >= 15 is 0 Å². The van der Waals surface area contributed by atoms with Crippen LogP contribution in [0.2, 0.25) is 5.02 Å². The van der Waals surface area contributed by atoms with Crippen molar-refractivity contribution < 1.29 is 46.2 Å². The van der Waals surface area contributed by atoms with E-state index in [0.717, 1.165) is 25.3 Å². The lowest BCUT2D eigenvalue weighted by molar-refractivity contribution is -0.202. The second-order valence-corrected chi connectivity index (χ2v) is 20.2. The Balaban J connectivity index is 1.08. The second-order valence-electron chi connectivity index (χ2n) is 18.2. The van der Waals surface area contributed by atoms with Crippen molar-refractivity contribution in [3.8, 4) is 23.6 Å². The molecule has 0 spiro atoms. The van der Waals surface area contributed by atoms with Gasteiger partial charge in [-0.3, -0.25) is 9.05 Å². The maximum absolute atomic E-state index is 14.9. The molecule has 2 aliphatic rings. The number of nitrogens with two attached hydrogens (primary N) is 1. The Morgan fingerprint density at radius 2 is 1.59 bits per heavy atom. The Morgan fingerprint density at radius 1 is 0.912 bits per heavy atom. The Labute approximate surface area is 405 Å². The van der Waals surface area contributed by atoms with Gasteiger partial charge in [-0.2, -0.15) is 15.6 Å². The lowest BCUT2D eigenvalue weighted by atomic mass is 9.86. The second kappa shape index (κ2) is 25.5. The molecule has 2 N–H and O–H groups in total. The van der Waals surface area contributed by atoms with Gasteiger partial charge < -0.3 is 33.9 Å². The molecule has 4 heterocycles. The molecular formula is C50H67ClFN6O9P. The summed E-state index contributed by atoms with van der Waals surface area (Å²) >= 11 is 6.47. The Kier molecular flexibility index (Phi) is 19.9. The van der Waals surface area contributed by atoms with E-state index in [2.05, 4.69) is 23.1 Å². The summed E-state index contributed by atoms with van der Waals surface area (Å²) in [5.74, 6) is -2.08. The monoisotopic (exact) mass is 980 g/mol. The summed E-state index contributed by atoms with van der Waals surface area (Å²) in [7, 11) is -4.69. The highest BCUT2D eigenvalue weighted by Gasteiger charge is 2.70. The van der Waals surface area contributed by atoms with Gasteiger partial charge in [0, 0.05) is 18.6 Å². The molecule has 68 heavy (non-hydrogen) atoms. The molecular weight excluding hydrogens is 914 g/mol. The lowest BCUT2D eigenvalue weighted by Gasteiger charge is -2.30. The highest BCUT2D eigenvalue weighted by atomic mass is 35.5. The molecule has 2 unspecified atom stereocenters. The first-order valence-electron chi connectivity index (χ1n) is 24.1. The number of nitrogen functional groups attached to an aromatic ring is 1. The van der Waals surface area contributed by atoms with Gasteiger partial charge in [0.2, 0.25) is 5.60 Å². The van der Waals surface area contributed by atoms with Crippen molar-refractivity contribution in [1.29, 1.82) is 10.5 Å². The zero-order valence-corrected chi connectivity index (χ0v) is 41.3. The number of halogens is 2. The number of hydrogen-bond donors (Lipinski definition) is 1. The fraction of sp³-hybridized carbons (Fsp3) is 0.600. The molecule has 370 valence electrons. The molecule has 2 aromatic heterocycles. The van der Waals surface area contributed by atoms with E-state index in [1.165, 1.54) is 108 Å². The van der Waals surface area contributed by atoms with Crippen LogP contribution in [-0.4, -0.2) is 71.7 Å². The zero-order chi connectivity index (χ0) is 48.5. The molecule has 2 aromatic carbocycles. The topological polar surface area (TPSA) is 195 Å². The van der Waals surface area contributed by atoms with Crippen molar-refractivity contribution in [3.05, 3.63) is 83.0 Å². The number of anilines is 1. The number of rotatable bonds is 31. The molecule has 0 saturated carbocycles. The number of ether oxygens (including phenoxy) is 5. The molecule has 15 nitrogen and oxygen atoms in total. The predicted octanol–water partition coefficient (Wildman–Crippen LogP) is 11.8. The standard InChI is InChI=1S/C50H67ClFN6O9P/c1-4-5-6-7-8-9-10-11-12-13-14-15-16-17-18-21-26-60-31-39(32-61-41-28-38(30-53)27-40(52)29-41)33-63-68(59,66-44-23-20-19-22-42(44)51)64-35-49(34-54)47-50(36-62-49,67-48(2,3)65-47)45-25-24-43-46(55)56-37-57-58(43)45/h19-20,22-25,27-29,37,39,47H,4-18,21,26,31-33,35-36H2,1-3H3,(H2,55,56,57)/t39?,47-,49-,50-,68?/m1/s1. The molecule has 0 bridgehead atoms. The van der Waals surface area contributed by atoms with Gasteiger partial charge in [-0.25, -0.2) is 18.5 Å². The first-order valence-corrected chi connectivity index (χ1v) is 25.9. The number of aromatic nitrogens is 3. The van der Waals surface area contributed by atoms with Crippen LogP contribution in [0.25, 0.3) is 5.52 Å². The van der Waals surface area contributed by atoms with Crippen LogP contribution in [0.1, 0.15) is 135 Å². The normalized spacial score (nSPS) is 21.0.